The number of nitrogens with zero attached hydrogens (tertiary/aromatic N) is 5. The van der Waals surface area contributed by atoms with Crippen molar-refractivity contribution >= 4 is 5.91 Å². The van der Waals surface area contributed by atoms with Gasteiger partial charge in [-0.1, -0.05) is 6.07 Å². The zero-order chi connectivity index (χ0) is 17.2. The van der Waals surface area contributed by atoms with E-state index in [1.54, 1.807) is 11.0 Å². The first-order valence-corrected chi connectivity index (χ1v) is 8.25. The molecule has 0 atom stereocenters. The second-order valence-corrected chi connectivity index (χ2v) is 6.79. The van der Waals surface area contributed by atoms with Crippen molar-refractivity contribution in [3.8, 4) is 5.82 Å². The molecule has 1 amide bonds. The van der Waals surface area contributed by atoms with Crippen LogP contribution in [0, 0.1) is 12.3 Å². The van der Waals surface area contributed by atoms with Crippen molar-refractivity contribution in [2.45, 2.75) is 32.7 Å². The molecule has 1 aliphatic carbocycles. The van der Waals surface area contributed by atoms with E-state index in [9.17, 15) is 4.79 Å². The molecule has 128 valence electrons. The number of pyridine rings is 1. The maximum Gasteiger partial charge on any atom is 0.226 e. The summed E-state index contributed by atoms with van der Waals surface area (Å²) in [5.74, 6) is 0.861. The molecule has 0 aromatic carbocycles. The Morgan fingerprint density at radius 1 is 1.38 bits per heavy atom. The lowest BCUT2D eigenvalue weighted by Crippen LogP contribution is -2.34. The first-order chi connectivity index (χ1) is 11.5. The van der Waals surface area contributed by atoms with Gasteiger partial charge < -0.3 is 10.2 Å². The van der Waals surface area contributed by atoms with Crippen LogP contribution in [0.2, 0.25) is 0 Å². The molecule has 24 heavy (non-hydrogen) atoms. The molecular weight excluding hydrogens is 304 g/mol. The van der Waals surface area contributed by atoms with Crippen LogP contribution in [0.5, 0.6) is 0 Å². The second-order valence-electron chi connectivity index (χ2n) is 6.79. The van der Waals surface area contributed by atoms with Gasteiger partial charge in [0.2, 0.25) is 5.91 Å². The molecule has 0 saturated heterocycles. The van der Waals surface area contributed by atoms with Crippen LogP contribution in [0.15, 0.2) is 24.8 Å². The van der Waals surface area contributed by atoms with Crippen molar-refractivity contribution in [1.29, 1.82) is 0 Å². The maximum atomic E-state index is 12.6. The van der Waals surface area contributed by atoms with Gasteiger partial charge in [-0.15, -0.1) is 0 Å². The molecule has 1 N–H and O–H groups in total. The van der Waals surface area contributed by atoms with Crippen LogP contribution in [0.4, 0.5) is 0 Å². The molecule has 1 fully saturated rings. The number of hydrogen-bond acceptors (Lipinski definition) is 5. The van der Waals surface area contributed by atoms with Crippen LogP contribution in [0.1, 0.15) is 30.5 Å². The Kier molecular flexibility index (Phi) is 4.62. The van der Waals surface area contributed by atoms with Crippen molar-refractivity contribution in [3.63, 3.8) is 0 Å². The molecule has 0 spiro atoms. The zero-order valence-electron chi connectivity index (χ0n) is 14.5. The highest BCUT2D eigenvalue weighted by molar-refractivity contribution is 5.85. The van der Waals surface area contributed by atoms with E-state index in [2.05, 4.69) is 25.3 Å². The number of nitrogens with one attached hydrogen (secondary N) is 1. The molecular formula is C17H24N6O. The van der Waals surface area contributed by atoms with Gasteiger partial charge in [-0.05, 0) is 52.9 Å². The summed E-state index contributed by atoms with van der Waals surface area (Å²) in [7, 11) is 4.08. The highest BCUT2D eigenvalue weighted by Gasteiger charge is 2.48. The second kappa shape index (κ2) is 6.68. The zero-order valence-corrected chi connectivity index (χ0v) is 14.5. The monoisotopic (exact) mass is 328 g/mol. The molecule has 0 radical (unpaired) electrons. The molecule has 0 bridgehead atoms. The van der Waals surface area contributed by atoms with Crippen LogP contribution < -0.4 is 5.32 Å². The van der Waals surface area contributed by atoms with Gasteiger partial charge in [0.15, 0.2) is 5.82 Å². The van der Waals surface area contributed by atoms with E-state index < -0.39 is 0 Å². The number of aromatic nitrogens is 4. The molecule has 1 aliphatic rings. The van der Waals surface area contributed by atoms with Crippen LogP contribution in [0.3, 0.4) is 0 Å². The number of aryl methyl sites for hydroxylation is 1. The highest BCUT2D eigenvalue weighted by Crippen LogP contribution is 2.49. The number of carbonyl (C=O) groups is 1. The first kappa shape index (κ1) is 16.6. The van der Waals surface area contributed by atoms with E-state index >= 15 is 0 Å². The lowest BCUT2D eigenvalue weighted by atomic mass is 10.0. The number of amides is 1. The predicted molar refractivity (Wildman–Crippen MR) is 90.6 cm³/mol. The van der Waals surface area contributed by atoms with E-state index in [1.165, 1.54) is 6.33 Å². The Morgan fingerprint density at radius 3 is 2.79 bits per heavy atom. The van der Waals surface area contributed by atoms with Crippen molar-refractivity contribution < 1.29 is 4.79 Å². The van der Waals surface area contributed by atoms with Gasteiger partial charge in [0, 0.05) is 17.8 Å². The largest absolute Gasteiger partial charge is 0.351 e. The minimum Gasteiger partial charge on any atom is -0.351 e. The van der Waals surface area contributed by atoms with Gasteiger partial charge in [-0.2, -0.15) is 5.10 Å². The van der Waals surface area contributed by atoms with Crippen molar-refractivity contribution in [3.05, 3.63) is 36.0 Å². The lowest BCUT2D eigenvalue weighted by molar-refractivity contribution is -0.126. The maximum absolute atomic E-state index is 12.6. The molecule has 1 saturated carbocycles. The molecule has 2 aromatic rings. The van der Waals surface area contributed by atoms with Crippen LogP contribution >= 0.6 is 0 Å². The fraction of sp³-hybridized carbons (Fsp3) is 0.529. The van der Waals surface area contributed by atoms with Crippen molar-refractivity contribution in [1.82, 2.24) is 30.0 Å². The average Bonchev–Trinajstić information content (AvgIpc) is 3.16. The third kappa shape index (κ3) is 3.62. The third-order valence-electron chi connectivity index (χ3n) is 4.54. The van der Waals surface area contributed by atoms with Crippen molar-refractivity contribution in [2.24, 2.45) is 5.41 Å². The predicted octanol–water partition coefficient (Wildman–Crippen LogP) is 1.32. The van der Waals surface area contributed by atoms with Gasteiger partial charge >= 0.3 is 0 Å². The Balaban J connectivity index is 1.68. The smallest absolute Gasteiger partial charge is 0.226 e. The highest BCUT2D eigenvalue weighted by atomic mass is 16.2. The molecule has 2 aromatic heterocycles. The van der Waals surface area contributed by atoms with Gasteiger partial charge in [0.05, 0.1) is 5.41 Å². The van der Waals surface area contributed by atoms with E-state index in [0.29, 0.717) is 12.4 Å². The van der Waals surface area contributed by atoms with Crippen LogP contribution in [-0.4, -0.2) is 51.2 Å². The molecule has 0 aliphatic heterocycles. The van der Waals surface area contributed by atoms with E-state index in [1.807, 2.05) is 33.2 Å². The quantitative estimate of drug-likeness (QED) is 0.829. The summed E-state index contributed by atoms with van der Waals surface area (Å²) in [5.41, 5.74) is 1.67. The molecule has 7 heteroatoms. The summed E-state index contributed by atoms with van der Waals surface area (Å²) < 4.78 is 1.63. The van der Waals surface area contributed by atoms with E-state index in [-0.39, 0.29) is 11.3 Å². The average molecular weight is 328 g/mol. The van der Waals surface area contributed by atoms with Crippen LogP contribution in [0.25, 0.3) is 5.82 Å². The van der Waals surface area contributed by atoms with Gasteiger partial charge in [-0.3, -0.25) is 4.79 Å². The van der Waals surface area contributed by atoms with Gasteiger partial charge in [0.1, 0.15) is 12.7 Å². The van der Waals surface area contributed by atoms with Crippen LogP contribution in [-0.2, 0) is 11.3 Å². The fourth-order valence-corrected chi connectivity index (χ4v) is 2.77. The fourth-order valence-electron chi connectivity index (χ4n) is 2.77. The Morgan fingerprint density at radius 2 is 2.17 bits per heavy atom. The van der Waals surface area contributed by atoms with Gasteiger partial charge in [0.25, 0.3) is 0 Å². The normalized spacial score (nSPS) is 15.5. The van der Waals surface area contributed by atoms with Gasteiger partial charge in [-0.25, -0.2) is 14.6 Å². The number of hydrogen-bond donors (Lipinski definition) is 1. The minimum absolute atomic E-state index is 0.148. The Labute approximate surface area is 142 Å². The summed E-state index contributed by atoms with van der Waals surface area (Å²) in [4.78, 5) is 23.2. The standard InChI is InChI=1S/C17H24N6O/c1-13-4-5-14(15(21-13)23-12-18-11-20-23)10-19-16(24)17(6-7-17)8-9-22(2)3/h4-5,11-12H,6-10H2,1-3H3,(H,19,24). The van der Waals surface area contributed by atoms with E-state index in [0.717, 1.165) is 37.1 Å². The number of carbonyl (C=O) groups excluding carboxylic acids is 1. The summed E-state index contributed by atoms with van der Waals surface area (Å²) in [5, 5.41) is 7.24. The summed E-state index contributed by atoms with van der Waals surface area (Å²) in [6.45, 7) is 3.32. The Bertz CT molecular complexity index is 706. The third-order valence-corrected chi connectivity index (χ3v) is 4.54. The van der Waals surface area contributed by atoms with E-state index in [4.69, 9.17) is 0 Å². The summed E-state index contributed by atoms with van der Waals surface area (Å²) in [6, 6.07) is 3.93. The summed E-state index contributed by atoms with van der Waals surface area (Å²) in [6.07, 6.45) is 5.97. The SMILES string of the molecule is Cc1ccc(CNC(=O)C2(CCN(C)C)CC2)c(-n2cncn2)n1. The molecule has 2 heterocycles. The molecule has 3 rings (SSSR count). The minimum atomic E-state index is -0.171. The Hall–Kier alpha value is -2.28. The topological polar surface area (TPSA) is 75.9 Å². The number of rotatable bonds is 7. The van der Waals surface area contributed by atoms with Crippen molar-refractivity contribution in [2.75, 3.05) is 20.6 Å². The first-order valence-electron chi connectivity index (χ1n) is 8.25. The lowest BCUT2D eigenvalue weighted by Gasteiger charge is -2.18. The molecule has 0 unspecified atom stereocenters. The molecule has 7 nitrogen and oxygen atoms in total. The summed E-state index contributed by atoms with van der Waals surface area (Å²) >= 11 is 0.